The van der Waals surface area contributed by atoms with Crippen molar-refractivity contribution in [2.45, 2.75) is 19.6 Å². The molecule has 1 amide bonds. The number of carbonyl (C=O) groups excluding carboxylic acids is 1. The molecule has 0 radical (unpaired) electrons. The standard InChI is InChI=1S/C17H14F3N3O/c1-2-23-10-14(13-7-4-8-21-15(13)23)16(24)22-12-6-3-5-11(9-12)17(18,19)20/h3-10H,2H2,1H3,(H,22,24). The Labute approximate surface area is 135 Å². The Morgan fingerprint density at radius 3 is 2.75 bits per heavy atom. The van der Waals surface area contributed by atoms with Crippen molar-refractivity contribution >= 4 is 22.6 Å². The highest BCUT2D eigenvalue weighted by molar-refractivity contribution is 6.12. The van der Waals surface area contributed by atoms with Crippen LogP contribution in [-0.2, 0) is 12.7 Å². The van der Waals surface area contributed by atoms with Crippen molar-refractivity contribution in [1.82, 2.24) is 9.55 Å². The highest BCUT2D eigenvalue weighted by Crippen LogP contribution is 2.31. The summed E-state index contributed by atoms with van der Waals surface area (Å²) in [5.74, 6) is -0.473. The van der Waals surface area contributed by atoms with Crippen LogP contribution >= 0.6 is 0 Å². The number of hydrogen-bond acceptors (Lipinski definition) is 2. The number of aromatic nitrogens is 2. The van der Waals surface area contributed by atoms with E-state index in [9.17, 15) is 18.0 Å². The summed E-state index contributed by atoms with van der Waals surface area (Å²) >= 11 is 0. The monoisotopic (exact) mass is 333 g/mol. The molecule has 1 N–H and O–H groups in total. The Bertz CT molecular complexity index is 899. The van der Waals surface area contributed by atoms with Crippen molar-refractivity contribution in [2.75, 3.05) is 5.32 Å². The fourth-order valence-corrected chi connectivity index (χ4v) is 2.52. The molecule has 2 heterocycles. The summed E-state index contributed by atoms with van der Waals surface area (Å²) in [5, 5.41) is 3.18. The van der Waals surface area contributed by atoms with Crippen LogP contribution in [0.4, 0.5) is 18.9 Å². The van der Waals surface area contributed by atoms with E-state index in [2.05, 4.69) is 10.3 Å². The molecule has 0 saturated carbocycles. The highest BCUT2D eigenvalue weighted by atomic mass is 19.4. The zero-order valence-corrected chi connectivity index (χ0v) is 12.8. The molecule has 0 fully saturated rings. The average Bonchev–Trinajstić information content (AvgIpc) is 2.93. The molecular formula is C17H14F3N3O. The third-order valence-corrected chi connectivity index (χ3v) is 3.67. The minimum atomic E-state index is -4.46. The fraction of sp³-hybridized carbons (Fsp3) is 0.176. The number of nitrogens with zero attached hydrogens (tertiary/aromatic N) is 2. The van der Waals surface area contributed by atoms with Crippen molar-refractivity contribution in [3.8, 4) is 0 Å². The number of rotatable bonds is 3. The van der Waals surface area contributed by atoms with Gasteiger partial charge in [0.05, 0.1) is 11.1 Å². The molecule has 0 bridgehead atoms. The number of nitrogens with one attached hydrogen (secondary N) is 1. The van der Waals surface area contributed by atoms with Crippen molar-refractivity contribution in [3.63, 3.8) is 0 Å². The van der Waals surface area contributed by atoms with Crippen LogP contribution < -0.4 is 5.32 Å². The Balaban J connectivity index is 1.94. The van der Waals surface area contributed by atoms with Gasteiger partial charge in [-0.05, 0) is 37.3 Å². The van der Waals surface area contributed by atoms with E-state index in [1.54, 1.807) is 24.5 Å². The van der Waals surface area contributed by atoms with Gasteiger partial charge >= 0.3 is 6.18 Å². The fourth-order valence-electron chi connectivity index (χ4n) is 2.52. The average molecular weight is 333 g/mol. The summed E-state index contributed by atoms with van der Waals surface area (Å²) < 4.78 is 40.1. The van der Waals surface area contributed by atoms with Gasteiger partial charge in [0.15, 0.2) is 0 Å². The van der Waals surface area contributed by atoms with E-state index in [0.29, 0.717) is 23.1 Å². The lowest BCUT2D eigenvalue weighted by Crippen LogP contribution is -2.13. The van der Waals surface area contributed by atoms with E-state index in [1.165, 1.54) is 12.1 Å². The molecule has 0 spiro atoms. The molecule has 0 unspecified atom stereocenters. The molecule has 3 rings (SSSR count). The van der Waals surface area contributed by atoms with Crippen molar-refractivity contribution in [3.05, 3.63) is 59.9 Å². The molecule has 0 saturated heterocycles. The quantitative estimate of drug-likeness (QED) is 0.775. The van der Waals surface area contributed by atoms with Gasteiger partial charge in [0.2, 0.25) is 0 Å². The van der Waals surface area contributed by atoms with Crippen molar-refractivity contribution in [2.24, 2.45) is 0 Å². The van der Waals surface area contributed by atoms with E-state index in [0.717, 1.165) is 12.1 Å². The predicted molar refractivity (Wildman–Crippen MR) is 84.8 cm³/mol. The summed E-state index contributed by atoms with van der Waals surface area (Å²) in [7, 11) is 0. The largest absolute Gasteiger partial charge is 0.416 e. The number of pyridine rings is 1. The van der Waals surface area contributed by atoms with Crippen LogP contribution in [0.3, 0.4) is 0 Å². The first-order valence-corrected chi connectivity index (χ1v) is 7.32. The Morgan fingerprint density at radius 1 is 1.25 bits per heavy atom. The minimum absolute atomic E-state index is 0.0936. The number of carbonyl (C=O) groups is 1. The number of aryl methyl sites for hydroxylation is 1. The molecule has 0 atom stereocenters. The van der Waals surface area contributed by atoms with Gasteiger partial charge in [0.25, 0.3) is 5.91 Å². The zero-order chi connectivity index (χ0) is 17.3. The van der Waals surface area contributed by atoms with Crippen LogP contribution in [0.5, 0.6) is 0 Å². The highest BCUT2D eigenvalue weighted by Gasteiger charge is 2.30. The Kier molecular flexibility index (Phi) is 4.01. The molecule has 1 aromatic carbocycles. The topological polar surface area (TPSA) is 46.9 Å². The summed E-state index contributed by atoms with van der Waals surface area (Å²) in [4.78, 5) is 16.7. The first-order valence-electron chi connectivity index (χ1n) is 7.32. The van der Waals surface area contributed by atoms with E-state index >= 15 is 0 Å². The number of alkyl halides is 3. The normalized spacial score (nSPS) is 11.7. The van der Waals surface area contributed by atoms with Crippen LogP contribution in [0, 0.1) is 0 Å². The van der Waals surface area contributed by atoms with E-state index in [-0.39, 0.29) is 5.69 Å². The van der Waals surface area contributed by atoms with Gasteiger partial charge in [0.1, 0.15) is 5.65 Å². The molecule has 4 nitrogen and oxygen atoms in total. The molecule has 24 heavy (non-hydrogen) atoms. The van der Waals surface area contributed by atoms with Crippen LogP contribution in [0.1, 0.15) is 22.8 Å². The van der Waals surface area contributed by atoms with Gasteiger partial charge in [-0.2, -0.15) is 13.2 Å². The number of hydrogen-bond donors (Lipinski definition) is 1. The van der Waals surface area contributed by atoms with Gasteiger partial charge in [-0.1, -0.05) is 6.07 Å². The first-order chi connectivity index (χ1) is 11.4. The van der Waals surface area contributed by atoms with Crippen LogP contribution in [0.25, 0.3) is 11.0 Å². The lowest BCUT2D eigenvalue weighted by molar-refractivity contribution is -0.137. The number of amides is 1. The third kappa shape index (κ3) is 2.97. The first kappa shape index (κ1) is 16.0. The molecule has 7 heteroatoms. The summed E-state index contributed by atoms with van der Waals surface area (Å²) in [6.45, 7) is 2.55. The maximum absolute atomic E-state index is 12.8. The molecule has 124 valence electrons. The van der Waals surface area contributed by atoms with Crippen LogP contribution in [0.2, 0.25) is 0 Å². The van der Waals surface area contributed by atoms with Crippen molar-refractivity contribution < 1.29 is 18.0 Å². The molecule has 0 aliphatic rings. The zero-order valence-electron chi connectivity index (χ0n) is 12.8. The smallest absolute Gasteiger partial charge is 0.332 e. The molecule has 3 aromatic rings. The second-order valence-electron chi connectivity index (χ2n) is 5.24. The lowest BCUT2D eigenvalue weighted by Gasteiger charge is -2.09. The number of fused-ring (bicyclic) bond motifs is 1. The van der Waals surface area contributed by atoms with Gasteiger partial charge in [-0.3, -0.25) is 4.79 Å². The minimum Gasteiger partial charge on any atom is -0.332 e. The number of benzene rings is 1. The lowest BCUT2D eigenvalue weighted by atomic mass is 10.1. The SMILES string of the molecule is CCn1cc(C(=O)Nc2cccc(C(F)(F)F)c2)c2cccnc21. The van der Waals surface area contributed by atoms with E-state index in [1.807, 2.05) is 11.5 Å². The molecule has 0 aliphatic heterocycles. The van der Waals surface area contributed by atoms with Crippen molar-refractivity contribution in [1.29, 1.82) is 0 Å². The Morgan fingerprint density at radius 2 is 2.04 bits per heavy atom. The number of halogens is 3. The number of anilines is 1. The van der Waals surface area contributed by atoms with Gasteiger partial charge in [-0.15, -0.1) is 0 Å². The maximum Gasteiger partial charge on any atom is 0.416 e. The molecular weight excluding hydrogens is 319 g/mol. The second-order valence-corrected chi connectivity index (χ2v) is 5.24. The summed E-state index contributed by atoms with van der Waals surface area (Å²) in [5.41, 5.74) is 0.320. The molecule has 2 aromatic heterocycles. The third-order valence-electron chi connectivity index (χ3n) is 3.67. The maximum atomic E-state index is 12.8. The second kappa shape index (κ2) is 5.99. The van der Waals surface area contributed by atoms with Crippen LogP contribution in [-0.4, -0.2) is 15.5 Å². The summed E-state index contributed by atoms with van der Waals surface area (Å²) in [6.07, 6.45) is -1.17. The van der Waals surface area contributed by atoms with Crippen LogP contribution in [0.15, 0.2) is 48.8 Å². The summed E-state index contributed by atoms with van der Waals surface area (Å²) in [6, 6.07) is 8.02. The van der Waals surface area contributed by atoms with E-state index in [4.69, 9.17) is 0 Å². The van der Waals surface area contributed by atoms with E-state index < -0.39 is 17.6 Å². The van der Waals surface area contributed by atoms with Gasteiger partial charge in [-0.25, -0.2) is 4.98 Å². The van der Waals surface area contributed by atoms with Gasteiger partial charge in [0, 0.05) is 30.0 Å². The van der Waals surface area contributed by atoms with Gasteiger partial charge < -0.3 is 9.88 Å². The molecule has 0 aliphatic carbocycles. The predicted octanol–water partition coefficient (Wildman–Crippen LogP) is 4.33. The Hall–Kier alpha value is -2.83.